The molecule has 1 aromatic heterocycles. The van der Waals surface area contributed by atoms with Crippen LogP contribution in [0.4, 0.5) is 4.39 Å². The SMILES string of the molecule is O=C(CCc1nc2ccccc2s1)N1CCN(C(=O)c2ccc(F)cc2Cl)CC1. The number of piperazine rings is 1. The molecule has 0 aliphatic carbocycles. The van der Waals surface area contributed by atoms with Crippen LogP contribution in [0.3, 0.4) is 0 Å². The van der Waals surface area contributed by atoms with Crippen molar-refractivity contribution in [3.8, 4) is 0 Å². The summed E-state index contributed by atoms with van der Waals surface area (Å²) in [6.07, 6.45) is 1.01. The number of nitrogens with zero attached hydrogens (tertiary/aromatic N) is 3. The molecule has 4 rings (SSSR count). The Kier molecular flexibility index (Phi) is 5.78. The monoisotopic (exact) mass is 431 g/mol. The van der Waals surface area contributed by atoms with Gasteiger partial charge in [-0.2, -0.15) is 0 Å². The molecule has 150 valence electrons. The zero-order valence-electron chi connectivity index (χ0n) is 15.6. The minimum Gasteiger partial charge on any atom is -0.339 e. The van der Waals surface area contributed by atoms with Crippen molar-refractivity contribution in [2.24, 2.45) is 0 Å². The van der Waals surface area contributed by atoms with Gasteiger partial charge in [0.2, 0.25) is 5.91 Å². The molecule has 0 saturated carbocycles. The first kappa shape index (κ1) is 19.8. The predicted molar refractivity (Wildman–Crippen MR) is 112 cm³/mol. The van der Waals surface area contributed by atoms with Crippen LogP contribution in [0, 0.1) is 5.82 Å². The molecule has 0 radical (unpaired) electrons. The number of halogens is 2. The molecule has 3 aromatic rings. The van der Waals surface area contributed by atoms with E-state index < -0.39 is 5.82 Å². The Morgan fingerprint density at radius 1 is 1.07 bits per heavy atom. The lowest BCUT2D eigenvalue weighted by Gasteiger charge is -2.35. The Morgan fingerprint density at radius 2 is 1.79 bits per heavy atom. The largest absolute Gasteiger partial charge is 0.339 e. The number of rotatable bonds is 4. The summed E-state index contributed by atoms with van der Waals surface area (Å²) < 4.78 is 14.3. The predicted octanol–water partition coefficient (Wildman–Crippen LogP) is 4.01. The van der Waals surface area contributed by atoms with Gasteiger partial charge in [0.1, 0.15) is 5.82 Å². The fraction of sp³-hybridized carbons (Fsp3) is 0.286. The van der Waals surface area contributed by atoms with Gasteiger partial charge in [-0.1, -0.05) is 23.7 Å². The van der Waals surface area contributed by atoms with Crippen molar-refractivity contribution in [2.45, 2.75) is 12.8 Å². The molecule has 2 heterocycles. The maximum Gasteiger partial charge on any atom is 0.255 e. The van der Waals surface area contributed by atoms with Gasteiger partial charge in [0.25, 0.3) is 5.91 Å². The van der Waals surface area contributed by atoms with Gasteiger partial charge in [0.05, 0.1) is 25.8 Å². The zero-order valence-corrected chi connectivity index (χ0v) is 17.2. The third-order valence-corrected chi connectivity index (χ3v) is 6.38. The van der Waals surface area contributed by atoms with Crippen LogP contribution in [0.25, 0.3) is 10.2 Å². The Bertz CT molecular complexity index is 1030. The molecule has 8 heteroatoms. The van der Waals surface area contributed by atoms with Gasteiger partial charge in [0, 0.05) is 39.0 Å². The number of amides is 2. The fourth-order valence-electron chi connectivity index (χ4n) is 3.39. The molecule has 2 amide bonds. The van der Waals surface area contributed by atoms with E-state index in [0.29, 0.717) is 39.0 Å². The lowest BCUT2D eigenvalue weighted by atomic mass is 10.1. The Balaban J connectivity index is 1.30. The lowest BCUT2D eigenvalue weighted by molar-refractivity contribution is -0.132. The Hall–Kier alpha value is -2.51. The van der Waals surface area contributed by atoms with Gasteiger partial charge in [-0.3, -0.25) is 9.59 Å². The van der Waals surface area contributed by atoms with Crippen molar-refractivity contribution in [3.63, 3.8) is 0 Å². The van der Waals surface area contributed by atoms with Gasteiger partial charge < -0.3 is 9.80 Å². The van der Waals surface area contributed by atoms with Crippen LogP contribution in [0.2, 0.25) is 5.02 Å². The normalized spacial score (nSPS) is 14.4. The molecule has 1 aliphatic heterocycles. The van der Waals surface area contributed by atoms with Crippen molar-refractivity contribution in [2.75, 3.05) is 26.2 Å². The highest BCUT2D eigenvalue weighted by Gasteiger charge is 2.26. The van der Waals surface area contributed by atoms with E-state index >= 15 is 0 Å². The summed E-state index contributed by atoms with van der Waals surface area (Å²) in [7, 11) is 0. The molecule has 29 heavy (non-hydrogen) atoms. The molecule has 0 spiro atoms. The summed E-state index contributed by atoms with van der Waals surface area (Å²) in [5.41, 5.74) is 1.25. The molecule has 0 N–H and O–H groups in total. The van der Waals surface area contributed by atoms with Crippen LogP contribution in [0.5, 0.6) is 0 Å². The minimum absolute atomic E-state index is 0.0659. The molecular formula is C21H19ClFN3O2S. The topological polar surface area (TPSA) is 53.5 Å². The van der Waals surface area contributed by atoms with Gasteiger partial charge >= 0.3 is 0 Å². The average molecular weight is 432 g/mol. The summed E-state index contributed by atoms with van der Waals surface area (Å²) in [5.74, 6) is -0.650. The number of thiazole rings is 1. The van der Waals surface area contributed by atoms with Crippen molar-refractivity contribution >= 4 is 45.0 Å². The third-order valence-electron chi connectivity index (χ3n) is 4.97. The fourth-order valence-corrected chi connectivity index (χ4v) is 4.61. The van der Waals surface area contributed by atoms with Gasteiger partial charge in [-0.05, 0) is 30.3 Å². The molecule has 1 fully saturated rings. The summed E-state index contributed by atoms with van der Waals surface area (Å²) in [6.45, 7) is 1.81. The first-order valence-electron chi connectivity index (χ1n) is 9.38. The molecule has 1 saturated heterocycles. The van der Waals surface area contributed by atoms with E-state index in [9.17, 15) is 14.0 Å². The van der Waals surface area contributed by atoms with E-state index in [1.807, 2.05) is 24.3 Å². The standard InChI is InChI=1S/C21H19ClFN3O2S/c22-16-13-14(23)5-6-15(16)21(28)26-11-9-25(10-12-26)20(27)8-7-19-24-17-3-1-2-4-18(17)29-19/h1-6,13H,7-12H2. The minimum atomic E-state index is -0.477. The van der Waals surface area contributed by atoms with E-state index in [2.05, 4.69) is 4.98 Å². The number of benzene rings is 2. The highest BCUT2D eigenvalue weighted by molar-refractivity contribution is 7.18. The van der Waals surface area contributed by atoms with Crippen LogP contribution in [-0.4, -0.2) is 52.8 Å². The summed E-state index contributed by atoms with van der Waals surface area (Å²) in [4.78, 5) is 33.2. The van der Waals surface area contributed by atoms with Gasteiger partial charge in [-0.25, -0.2) is 9.37 Å². The van der Waals surface area contributed by atoms with Crippen LogP contribution >= 0.6 is 22.9 Å². The maximum absolute atomic E-state index is 13.2. The van der Waals surface area contributed by atoms with E-state index in [1.165, 1.54) is 12.1 Å². The molecule has 0 bridgehead atoms. The van der Waals surface area contributed by atoms with Crippen molar-refractivity contribution < 1.29 is 14.0 Å². The number of hydrogen-bond acceptors (Lipinski definition) is 4. The van der Waals surface area contributed by atoms with Gasteiger partial charge in [-0.15, -0.1) is 11.3 Å². The van der Waals surface area contributed by atoms with E-state index in [-0.39, 0.29) is 22.4 Å². The van der Waals surface area contributed by atoms with E-state index in [1.54, 1.807) is 21.1 Å². The molecular weight excluding hydrogens is 413 g/mol. The number of aromatic nitrogens is 1. The number of carbonyl (C=O) groups excluding carboxylic acids is 2. The number of aryl methyl sites for hydroxylation is 1. The van der Waals surface area contributed by atoms with E-state index in [0.717, 1.165) is 21.3 Å². The number of para-hydroxylation sites is 1. The Labute approximate surface area is 176 Å². The average Bonchev–Trinajstić information content (AvgIpc) is 3.15. The molecule has 2 aromatic carbocycles. The number of carbonyl (C=O) groups is 2. The van der Waals surface area contributed by atoms with Crippen molar-refractivity contribution in [1.82, 2.24) is 14.8 Å². The maximum atomic E-state index is 13.2. The smallest absolute Gasteiger partial charge is 0.255 e. The van der Waals surface area contributed by atoms with Crippen molar-refractivity contribution in [3.05, 3.63) is 63.9 Å². The summed E-state index contributed by atoms with van der Waals surface area (Å²) in [5, 5.41) is 1.06. The second-order valence-electron chi connectivity index (χ2n) is 6.87. The van der Waals surface area contributed by atoms with E-state index in [4.69, 9.17) is 11.6 Å². The zero-order chi connectivity index (χ0) is 20.4. The van der Waals surface area contributed by atoms with Gasteiger partial charge in [0.15, 0.2) is 0 Å². The molecule has 0 unspecified atom stereocenters. The third kappa shape index (κ3) is 4.41. The molecule has 1 aliphatic rings. The first-order chi connectivity index (χ1) is 14.0. The Morgan fingerprint density at radius 3 is 2.52 bits per heavy atom. The second-order valence-corrected chi connectivity index (χ2v) is 8.39. The molecule has 5 nitrogen and oxygen atoms in total. The van der Waals surface area contributed by atoms with Crippen LogP contribution < -0.4 is 0 Å². The van der Waals surface area contributed by atoms with Crippen LogP contribution in [-0.2, 0) is 11.2 Å². The second kappa shape index (κ2) is 8.47. The highest BCUT2D eigenvalue weighted by Crippen LogP contribution is 2.23. The lowest BCUT2D eigenvalue weighted by Crippen LogP contribution is -2.50. The number of hydrogen-bond donors (Lipinski definition) is 0. The summed E-state index contributed by atoms with van der Waals surface area (Å²) >= 11 is 7.61. The highest BCUT2D eigenvalue weighted by atomic mass is 35.5. The molecule has 0 atom stereocenters. The van der Waals surface area contributed by atoms with Crippen LogP contribution in [0.1, 0.15) is 21.8 Å². The summed E-state index contributed by atoms with van der Waals surface area (Å²) in [6, 6.07) is 11.7. The quantitative estimate of drug-likeness (QED) is 0.627. The first-order valence-corrected chi connectivity index (χ1v) is 10.6. The van der Waals surface area contributed by atoms with Crippen LogP contribution in [0.15, 0.2) is 42.5 Å². The number of fused-ring (bicyclic) bond motifs is 1. The van der Waals surface area contributed by atoms with Crippen molar-refractivity contribution in [1.29, 1.82) is 0 Å².